The van der Waals surface area contributed by atoms with Gasteiger partial charge in [0.1, 0.15) is 23.9 Å². The Hall–Kier alpha value is -3.18. The van der Waals surface area contributed by atoms with Gasteiger partial charge in [0.15, 0.2) is 0 Å². The van der Waals surface area contributed by atoms with Gasteiger partial charge in [-0.25, -0.2) is 0 Å². The van der Waals surface area contributed by atoms with Gasteiger partial charge in [0.25, 0.3) is 5.91 Å². The molecule has 0 aliphatic carbocycles. The lowest BCUT2D eigenvalue weighted by Gasteiger charge is -2.37. The third kappa shape index (κ3) is 5.42. The van der Waals surface area contributed by atoms with Crippen molar-refractivity contribution in [3.8, 4) is 17.2 Å². The van der Waals surface area contributed by atoms with Gasteiger partial charge in [0.05, 0.1) is 19.3 Å². The summed E-state index contributed by atoms with van der Waals surface area (Å²) in [6.45, 7) is 4.93. The summed E-state index contributed by atoms with van der Waals surface area (Å²) < 4.78 is 17.2. The zero-order valence-electron chi connectivity index (χ0n) is 19.1. The molecule has 6 heteroatoms. The second kappa shape index (κ2) is 10.2. The summed E-state index contributed by atoms with van der Waals surface area (Å²) in [5.41, 5.74) is 2.81. The Morgan fingerprint density at radius 3 is 2.45 bits per heavy atom. The first kappa shape index (κ1) is 23.0. The molecule has 0 bridgehead atoms. The lowest BCUT2D eigenvalue weighted by molar-refractivity contribution is 0.0589. The van der Waals surface area contributed by atoms with E-state index in [9.17, 15) is 4.79 Å². The van der Waals surface area contributed by atoms with E-state index in [0.717, 1.165) is 29.2 Å². The number of nitrogens with zero attached hydrogens (tertiary/aromatic N) is 1. The molecule has 1 heterocycles. The van der Waals surface area contributed by atoms with Gasteiger partial charge in [-0.1, -0.05) is 23.7 Å². The maximum atomic E-state index is 13.4. The molecular formula is C27H28ClNO4. The second-order valence-electron chi connectivity index (χ2n) is 8.29. The molecule has 1 amide bonds. The van der Waals surface area contributed by atoms with Crippen molar-refractivity contribution in [2.24, 2.45) is 0 Å². The zero-order chi connectivity index (χ0) is 23.4. The van der Waals surface area contributed by atoms with Crippen LogP contribution in [0.15, 0.2) is 66.7 Å². The highest BCUT2D eigenvalue weighted by Gasteiger charge is 2.32. The first-order valence-corrected chi connectivity index (χ1v) is 11.5. The van der Waals surface area contributed by atoms with Gasteiger partial charge >= 0.3 is 0 Å². The Bertz CT molecular complexity index is 1110. The van der Waals surface area contributed by atoms with E-state index >= 15 is 0 Å². The summed E-state index contributed by atoms with van der Waals surface area (Å²) in [4.78, 5) is 15.3. The fourth-order valence-electron chi connectivity index (χ4n) is 4.09. The van der Waals surface area contributed by atoms with Crippen LogP contribution in [0, 0.1) is 0 Å². The van der Waals surface area contributed by atoms with Crippen LogP contribution in [0.25, 0.3) is 0 Å². The Labute approximate surface area is 199 Å². The Morgan fingerprint density at radius 1 is 1.03 bits per heavy atom. The molecule has 3 aromatic rings. The van der Waals surface area contributed by atoms with Crippen molar-refractivity contribution in [2.75, 3.05) is 20.3 Å². The maximum absolute atomic E-state index is 13.4. The predicted octanol–water partition coefficient (Wildman–Crippen LogP) is 5.95. The van der Waals surface area contributed by atoms with E-state index < -0.39 is 0 Å². The minimum Gasteiger partial charge on any atom is -0.497 e. The van der Waals surface area contributed by atoms with Crippen LogP contribution in [-0.2, 0) is 6.42 Å². The summed E-state index contributed by atoms with van der Waals surface area (Å²) >= 11 is 6.15. The smallest absolute Gasteiger partial charge is 0.254 e. The third-order valence-electron chi connectivity index (χ3n) is 5.64. The lowest BCUT2D eigenvalue weighted by atomic mass is 9.92. The van der Waals surface area contributed by atoms with Crippen LogP contribution < -0.4 is 14.2 Å². The van der Waals surface area contributed by atoms with Crippen molar-refractivity contribution in [1.82, 2.24) is 4.90 Å². The number of fused-ring (bicyclic) bond motifs is 1. The Morgan fingerprint density at radius 2 is 1.76 bits per heavy atom. The molecule has 1 aliphatic rings. The molecule has 0 radical (unpaired) electrons. The molecule has 0 aromatic heterocycles. The third-order valence-corrected chi connectivity index (χ3v) is 5.88. The van der Waals surface area contributed by atoms with E-state index in [4.69, 9.17) is 25.8 Å². The molecule has 1 aliphatic heterocycles. The number of ether oxygens (including phenoxy) is 3. The zero-order valence-corrected chi connectivity index (χ0v) is 19.8. The number of rotatable bonds is 7. The van der Waals surface area contributed by atoms with Crippen LogP contribution >= 0.6 is 11.6 Å². The first-order valence-electron chi connectivity index (χ1n) is 11.1. The van der Waals surface area contributed by atoms with Crippen molar-refractivity contribution in [1.29, 1.82) is 0 Å². The number of amides is 1. The standard InChI is InChI=1S/C27H28ClNO4/c1-18(2)33-24-11-12-25-19(16-24)13-14-29(27(30)20-5-4-6-21(28)15-20)26(25)17-32-23-9-7-22(31-3)8-10-23/h4-12,15-16,18,26H,13-14,17H2,1-3H3/t26-/m0/s1. The summed E-state index contributed by atoms with van der Waals surface area (Å²) in [7, 11) is 1.63. The van der Waals surface area contributed by atoms with Crippen LogP contribution in [-0.4, -0.2) is 37.2 Å². The quantitative estimate of drug-likeness (QED) is 0.432. The average molecular weight is 466 g/mol. The van der Waals surface area contributed by atoms with Crippen molar-refractivity contribution in [3.63, 3.8) is 0 Å². The number of halogens is 1. The Balaban J connectivity index is 1.63. The molecule has 4 rings (SSSR count). The van der Waals surface area contributed by atoms with Crippen LogP contribution in [0.1, 0.15) is 41.4 Å². The molecule has 0 spiro atoms. The summed E-state index contributed by atoms with van der Waals surface area (Å²) in [5, 5.41) is 0.541. The molecular weight excluding hydrogens is 438 g/mol. The topological polar surface area (TPSA) is 48.0 Å². The van der Waals surface area contributed by atoms with Gasteiger partial charge < -0.3 is 19.1 Å². The molecule has 172 valence electrons. The van der Waals surface area contributed by atoms with E-state index in [1.165, 1.54) is 5.56 Å². The van der Waals surface area contributed by atoms with Crippen LogP contribution in [0.3, 0.4) is 0 Å². The molecule has 1 atom stereocenters. The van der Waals surface area contributed by atoms with Crippen LogP contribution in [0.4, 0.5) is 0 Å². The summed E-state index contributed by atoms with van der Waals surface area (Å²) in [6.07, 6.45) is 0.845. The largest absolute Gasteiger partial charge is 0.497 e. The van der Waals surface area contributed by atoms with Gasteiger partial charge in [0.2, 0.25) is 0 Å². The monoisotopic (exact) mass is 465 g/mol. The number of carbonyl (C=O) groups excluding carboxylic acids is 1. The predicted molar refractivity (Wildman–Crippen MR) is 130 cm³/mol. The van der Waals surface area contributed by atoms with E-state index in [2.05, 4.69) is 6.07 Å². The van der Waals surface area contributed by atoms with Crippen LogP contribution in [0.2, 0.25) is 5.02 Å². The minimum atomic E-state index is -0.240. The molecule has 0 saturated heterocycles. The summed E-state index contributed by atoms with van der Waals surface area (Å²) in [5.74, 6) is 2.26. The molecule has 33 heavy (non-hydrogen) atoms. The second-order valence-corrected chi connectivity index (χ2v) is 8.72. The molecule has 0 unspecified atom stereocenters. The van der Waals surface area contributed by atoms with E-state index in [1.807, 2.05) is 55.1 Å². The molecule has 5 nitrogen and oxygen atoms in total. The van der Waals surface area contributed by atoms with Crippen molar-refractivity contribution in [2.45, 2.75) is 32.4 Å². The molecule has 0 saturated carbocycles. The summed E-state index contributed by atoms with van der Waals surface area (Å²) in [6, 6.07) is 20.4. The van der Waals surface area contributed by atoms with Crippen molar-refractivity contribution < 1.29 is 19.0 Å². The lowest BCUT2D eigenvalue weighted by Crippen LogP contribution is -2.42. The molecule has 3 aromatic carbocycles. The normalized spacial score (nSPS) is 15.2. The number of hydrogen-bond donors (Lipinski definition) is 0. The SMILES string of the molecule is COc1ccc(OC[C@H]2c3ccc(OC(C)C)cc3CCN2C(=O)c2cccc(Cl)c2)cc1. The van der Waals surface area contributed by atoms with Gasteiger partial charge in [-0.3, -0.25) is 4.79 Å². The molecule has 0 N–H and O–H groups in total. The van der Waals surface area contributed by atoms with Gasteiger partial charge in [-0.05, 0) is 86.0 Å². The highest BCUT2D eigenvalue weighted by molar-refractivity contribution is 6.30. The highest BCUT2D eigenvalue weighted by atomic mass is 35.5. The number of methoxy groups -OCH3 is 1. The molecule has 0 fully saturated rings. The van der Waals surface area contributed by atoms with E-state index in [1.54, 1.807) is 31.4 Å². The van der Waals surface area contributed by atoms with Crippen LogP contribution in [0.5, 0.6) is 17.2 Å². The Kier molecular flexibility index (Phi) is 7.09. The average Bonchev–Trinajstić information content (AvgIpc) is 2.81. The first-order chi connectivity index (χ1) is 15.9. The van der Waals surface area contributed by atoms with Crippen molar-refractivity contribution in [3.05, 3.63) is 88.4 Å². The number of hydrogen-bond acceptors (Lipinski definition) is 4. The number of carbonyl (C=O) groups is 1. The van der Waals surface area contributed by atoms with Crippen molar-refractivity contribution >= 4 is 17.5 Å². The van der Waals surface area contributed by atoms with E-state index in [-0.39, 0.29) is 18.1 Å². The fourth-order valence-corrected chi connectivity index (χ4v) is 4.28. The fraction of sp³-hybridized carbons (Fsp3) is 0.296. The number of benzene rings is 3. The van der Waals surface area contributed by atoms with Gasteiger partial charge in [-0.2, -0.15) is 0 Å². The minimum absolute atomic E-state index is 0.0611. The highest BCUT2D eigenvalue weighted by Crippen LogP contribution is 2.34. The van der Waals surface area contributed by atoms with Gasteiger partial charge in [0, 0.05) is 17.1 Å². The maximum Gasteiger partial charge on any atom is 0.254 e. The van der Waals surface area contributed by atoms with Gasteiger partial charge in [-0.15, -0.1) is 0 Å². The van der Waals surface area contributed by atoms with E-state index in [0.29, 0.717) is 23.7 Å².